The largest absolute Gasteiger partial charge is 0.394 e. The second-order valence-electron chi connectivity index (χ2n) is 18.4. The second-order valence-corrected chi connectivity index (χ2v) is 18.4. The average molecular weight is 739 g/mol. The van der Waals surface area contributed by atoms with E-state index in [2.05, 4.69) is 33.8 Å². The standard InChI is InChI=1S/C39H62O13/c1-18-8-13-39(47-17-18)19(2)27-25(52-39)15-38(46)24-7-6-21-14-22(9-11-36(21,4)23(24)10-12-37(27,38)5)49-35-33(31(44)29(42)26(16-40)50-35)51-34-32(45)30(43)28(41)20(3)48-34/h6,18-20,22-35,40-46H,7-17H2,1-5H3/t18-,19+,20+,22+,23+,24-,25+,26-,27+,28+,29-,30-,31+,32-,33-,34+,35-,36+,37-,38-,39-/m0/s1. The molecule has 1 spiro atoms. The third kappa shape index (κ3) is 5.58. The number of aliphatic hydroxyl groups excluding tert-OH is 6. The molecule has 13 nitrogen and oxygen atoms in total. The van der Waals surface area contributed by atoms with Gasteiger partial charge in [0.1, 0.15) is 42.7 Å². The molecule has 21 atom stereocenters. The number of aliphatic hydroxyl groups is 7. The number of allylic oxidation sites excluding steroid dienone is 1. The van der Waals surface area contributed by atoms with Gasteiger partial charge in [0.25, 0.3) is 0 Å². The van der Waals surface area contributed by atoms with Crippen molar-refractivity contribution in [3.8, 4) is 0 Å². The predicted molar refractivity (Wildman–Crippen MR) is 183 cm³/mol. The summed E-state index contributed by atoms with van der Waals surface area (Å²) in [6, 6.07) is 0. The van der Waals surface area contributed by atoms with E-state index in [1.165, 1.54) is 12.5 Å². The Labute approximate surface area is 306 Å². The molecule has 4 saturated heterocycles. The van der Waals surface area contributed by atoms with Gasteiger partial charge in [0.15, 0.2) is 18.4 Å². The summed E-state index contributed by atoms with van der Waals surface area (Å²) in [7, 11) is 0. The van der Waals surface area contributed by atoms with Crippen LogP contribution in [-0.2, 0) is 28.4 Å². The van der Waals surface area contributed by atoms with Gasteiger partial charge < -0.3 is 64.2 Å². The Bertz CT molecular complexity index is 1350. The summed E-state index contributed by atoms with van der Waals surface area (Å²) in [4.78, 5) is 0. The van der Waals surface area contributed by atoms with Gasteiger partial charge >= 0.3 is 0 Å². The Morgan fingerprint density at radius 2 is 1.60 bits per heavy atom. The Hall–Kier alpha value is -0.780. The fourth-order valence-corrected chi connectivity index (χ4v) is 12.5. The van der Waals surface area contributed by atoms with Crippen LogP contribution in [0.4, 0.5) is 0 Å². The second kappa shape index (κ2) is 13.4. The van der Waals surface area contributed by atoms with Gasteiger partial charge in [0, 0.05) is 30.1 Å². The van der Waals surface area contributed by atoms with E-state index >= 15 is 0 Å². The van der Waals surface area contributed by atoms with Crippen LogP contribution < -0.4 is 0 Å². The van der Waals surface area contributed by atoms with Gasteiger partial charge in [-0.05, 0) is 75.0 Å². The van der Waals surface area contributed by atoms with E-state index in [1.54, 1.807) is 0 Å². The van der Waals surface area contributed by atoms with E-state index in [1.807, 2.05) is 0 Å². The first-order valence-corrected chi connectivity index (χ1v) is 19.9. The first-order valence-electron chi connectivity index (χ1n) is 19.9. The lowest BCUT2D eigenvalue weighted by Crippen LogP contribution is -2.64. The highest BCUT2D eigenvalue weighted by Gasteiger charge is 2.74. The highest BCUT2D eigenvalue weighted by molar-refractivity contribution is 5.29. The van der Waals surface area contributed by atoms with Crippen LogP contribution >= 0.6 is 0 Å². The minimum atomic E-state index is -1.63. The van der Waals surface area contributed by atoms with Crippen molar-refractivity contribution in [2.75, 3.05) is 13.2 Å². The number of hydrogen-bond donors (Lipinski definition) is 7. The van der Waals surface area contributed by atoms with Crippen LogP contribution in [-0.4, -0.2) is 134 Å². The minimum Gasteiger partial charge on any atom is -0.394 e. The number of rotatable bonds is 5. The van der Waals surface area contributed by atoms with Gasteiger partial charge in [0.2, 0.25) is 0 Å². The molecule has 0 unspecified atom stereocenters. The first kappa shape index (κ1) is 38.1. The number of fused-ring (bicyclic) bond motifs is 7. The third-order valence-electron chi connectivity index (χ3n) is 15.7. The zero-order chi connectivity index (χ0) is 37.1. The fraction of sp³-hybridized carbons (Fsp3) is 0.949. The van der Waals surface area contributed by atoms with Gasteiger partial charge in [-0.25, -0.2) is 0 Å². The number of hydrogen-bond acceptors (Lipinski definition) is 13. The molecule has 7 fully saturated rings. The summed E-state index contributed by atoms with van der Waals surface area (Å²) >= 11 is 0. The molecule has 52 heavy (non-hydrogen) atoms. The lowest BCUT2D eigenvalue weighted by Gasteiger charge is -2.62. The SMILES string of the molecule is C[C@H]1CC[C@]2(OC1)O[C@@H]1C[C@]3(O)[C@H]4CC=C5C[C@H](O[C@H]6O[C@@H](CO)[C@H](O)[C@@H](O)[C@@H]6O[C@H]6O[C@H](C)[C@@H](O)[C@H](O)[C@@H]6O)CC[C@@]5(C)[C@@H]4CC[C@@]3(C)[C@@H]1[C@H]2C. The first-order chi connectivity index (χ1) is 24.6. The molecule has 8 aliphatic rings. The molecule has 0 bridgehead atoms. The van der Waals surface area contributed by atoms with Crippen molar-refractivity contribution in [2.24, 2.45) is 40.4 Å². The van der Waals surface area contributed by atoms with E-state index in [0.29, 0.717) is 31.1 Å². The van der Waals surface area contributed by atoms with Crippen LogP contribution in [0.1, 0.15) is 92.4 Å². The van der Waals surface area contributed by atoms with Crippen molar-refractivity contribution in [1.82, 2.24) is 0 Å². The van der Waals surface area contributed by atoms with Crippen molar-refractivity contribution in [1.29, 1.82) is 0 Å². The topological polar surface area (TPSA) is 197 Å². The molecule has 296 valence electrons. The zero-order valence-corrected chi connectivity index (χ0v) is 31.3. The van der Waals surface area contributed by atoms with Crippen LogP contribution in [0.25, 0.3) is 0 Å². The van der Waals surface area contributed by atoms with Crippen LogP contribution in [0.15, 0.2) is 11.6 Å². The molecule has 8 rings (SSSR count). The molecule has 3 saturated carbocycles. The average Bonchev–Trinajstić information content (AvgIpc) is 3.51. The van der Waals surface area contributed by atoms with Gasteiger partial charge in [-0.3, -0.25) is 0 Å². The van der Waals surface area contributed by atoms with Crippen molar-refractivity contribution in [3.63, 3.8) is 0 Å². The van der Waals surface area contributed by atoms with Gasteiger partial charge in [-0.2, -0.15) is 0 Å². The Morgan fingerprint density at radius 3 is 2.31 bits per heavy atom. The summed E-state index contributed by atoms with van der Waals surface area (Å²) in [5.74, 6) is 0.876. The molecule has 7 N–H and O–H groups in total. The smallest absolute Gasteiger partial charge is 0.187 e. The summed E-state index contributed by atoms with van der Waals surface area (Å²) in [6.07, 6.45) is -4.13. The Kier molecular flexibility index (Phi) is 9.83. The van der Waals surface area contributed by atoms with Crippen LogP contribution in [0.5, 0.6) is 0 Å². The highest BCUT2D eigenvalue weighted by Crippen LogP contribution is 2.72. The molecule has 0 aromatic carbocycles. The van der Waals surface area contributed by atoms with E-state index in [4.69, 9.17) is 28.4 Å². The van der Waals surface area contributed by atoms with Crippen LogP contribution in [0.2, 0.25) is 0 Å². The zero-order valence-electron chi connectivity index (χ0n) is 31.3. The molecule has 4 aliphatic heterocycles. The van der Waals surface area contributed by atoms with Gasteiger partial charge in [-0.15, -0.1) is 0 Å². The Morgan fingerprint density at radius 1 is 0.827 bits per heavy atom. The highest BCUT2D eigenvalue weighted by atomic mass is 16.8. The molecule has 0 aromatic heterocycles. The third-order valence-corrected chi connectivity index (χ3v) is 15.7. The van der Waals surface area contributed by atoms with Crippen LogP contribution in [0, 0.1) is 40.4 Å². The van der Waals surface area contributed by atoms with Crippen molar-refractivity contribution >= 4 is 0 Å². The molecular weight excluding hydrogens is 676 g/mol. The maximum absolute atomic E-state index is 12.9. The minimum absolute atomic E-state index is 0.0154. The summed E-state index contributed by atoms with van der Waals surface area (Å²) in [5, 5.41) is 75.8. The maximum atomic E-state index is 12.9. The summed E-state index contributed by atoms with van der Waals surface area (Å²) < 4.78 is 37.4. The molecule has 0 aromatic rings. The summed E-state index contributed by atoms with van der Waals surface area (Å²) in [5.41, 5.74) is 0.0478. The summed E-state index contributed by atoms with van der Waals surface area (Å²) in [6.45, 7) is 10.9. The molecule has 0 amide bonds. The van der Waals surface area contributed by atoms with E-state index < -0.39 is 79.4 Å². The quantitative estimate of drug-likeness (QED) is 0.201. The van der Waals surface area contributed by atoms with Crippen molar-refractivity contribution < 1.29 is 64.2 Å². The lowest BCUT2D eigenvalue weighted by molar-refractivity contribution is -0.369. The monoisotopic (exact) mass is 738 g/mol. The molecule has 4 heterocycles. The van der Waals surface area contributed by atoms with E-state index in [-0.39, 0.29) is 40.8 Å². The van der Waals surface area contributed by atoms with Crippen molar-refractivity contribution in [2.45, 2.75) is 177 Å². The van der Waals surface area contributed by atoms with Gasteiger partial charge in [0.05, 0.1) is 37.1 Å². The normalized spacial score (nSPS) is 58.9. The molecule has 4 aliphatic carbocycles. The molecule has 13 heteroatoms. The van der Waals surface area contributed by atoms with Gasteiger partial charge in [-0.1, -0.05) is 39.3 Å². The van der Waals surface area contributed by atoms with Crippen LogP contribution in [0.3, 0.4) is 0 Å². The number of ether oxygens (including phenoxy) is 6. The van der Waals surface area contributed by atoms with E-state index in [9.17, 15) is 35.7 Å². The molecule has 0 radical (unpaired) electrons. The maximum Gasteiger partial charge on any atom is 0.187 e. The van der Waals surface area contributed by atoms with Crippen molar-refractivity contribution in [3.05, 3.63) is 11.6 Å². The lowest BCUT2D eigenvalue weighted by atomic mass is 9.45. The Balaban J connectivity index is 0.982. The fourth-order valence-electron chi connectivity index (χ4n) is 12.5. The van der Waals surface area contributed by atoms with E-state index in [0.717, 1.165) is 45.1 Å². The molecular formula is C39H62O13. The predicted octanol–water partition coefficient (Wildman–Crippen LogP) is 1.50.